The third kappa shape index (κ3) is 3.97. The van der Waals surface area contributed by atoms with Gasteiger partial charge >= 0.3 is 0 Å². The van der Waals surface area contributed by atoms with Gasteiger partial charge in [0.25, 0.3) is 0 Å². The van der Waals surface area contributed by atoms with Crippen LogP contribution in [0, 0.1) is 0 Å². The predicted octanol–water partition coefficient (Wildman–Crippen LogP) is 2.99. The first-order valence-electron chi connectivity index (χ1n) is 5.56. The van der Waals surface area contributed by atoms with Crippen molar-refractivity contribution in [2.45, 2.75) is 45.1 Å². The quantitative estimate of drug-likeness (QED) is 0.723. The van der Waals surface area contributed by atoms with Gasteiger partial charge in [0.2, 0.25) is 0 Å². The summed E-state index contributed by atoms with van der Waals surface area (Å²) in [7, 11) is 2.04. The zero-order valence-electron chi connectivity index (χ0n) is 9.25. The molecule has 1 atom stereocenters. The molecule has 0 aliphatic heterocycles. The van der Waals surface area contributed by atoms with E-state index >= 15 is 0 Å². The minimum atomic E-state index is 0.639. The minimum absolute atomic E-state index is 0.639. The summed E-state index contributed by atoms with van der Waals surface area (Å²) in [6, 6.07) is 4.64. The average Bonchev–Trinajstić information content (AvgIpc) is 2.71. The molecule has 0 aromatic carbocycles. The van der Waals surface area contributed by atoms with Crippen LogP contribution >= 0.6 is 0 Å². The standard InChI is InChI=1S/C12H21NO/c1-3-4-6-11(13-2)8-9-12-7-5-10-14-12/h5,7,10-11,13H,3-4,6,8-9H2,1-2H3. The molecule has 14 heavy (non-hydrogen) atoms. The molecule has 0 saturated carbocycles. The normalized spacial score (nSPS) is 13.0. The van der Waals surface area contributed by atoms with E-state index in [1.165, 1.54) is 25.7 Å². The van der Waals surface area contributed by atoms with Crippen LogP contribution in [0.25, 0.3) is 0 Å². The van der Waals surface area contributed by atoms with E-state index in [0.717, 1.165) is 12.2 Å². The van der Waals surface area contributed by atoms with Crippen molar-refractivity contribution in [3.05, 3.63) is 24.2 Å². The van der Waals surface area contributed by atoms with E-state index < -0.39 is 0 Å². The molecule has 0 aliphatic carbocycles. The van der Waals surface area contributed by atoms with Gasteiger partial charge in [-0.05, 0) is 32.0 Å². The highest BCUT2D eigenvalue weighted by molar-refractivity contribution is 4.98. The Morgan fingerprint density at radius 2 is 2.29 bits per heavy atom. The van der Waals surface area contributed by atoms with Crippen LogP contribution in [0.1, 0.15) is 38.4 Å². The van der Waals surface area contributed by atoms with Gasteiger partial charge in [-0.1, -0.05) is 19.8 Å². The Labute approximate surface area is 86.7 Å². The Balaban J connectivity index is 2.20. The van der Waals surface area contributed by atoms with E-state index in [2.05, 4.69) is 12.2 Å². The summed E-state index contributed by atoms with van der Waals surface area (Å²) in [6.07, 6.45) is 7.82. The summed E-state index contributed by atoms with van der Waals surface area (Å²) in [5.74, 6) is 1.10. The zero-order valence-corrected chi connectivity index (χ0v) is 9.25. The van der Waals surface area contributed by atoms with Crippen LogP contribution < -0.4 is 5.32 Å². The number of hydrogen-bond acceptors (Lipinski definition) is 2. The first-order chi connectivity index (χ1) is 6.86. The third-order valence-corrected chi connectivity index (χ3v) is 2.63. The topological polar surface area (TPSA) is 25.2 Å². The molecule has 0 saturated heterocycles. The molecule has 0 radical (unpaired) electrons. The van der Waals surface area contributed by atoms with Crippen molar-refractivity contribution in [3.8, 4) is 0 Å². The van der Waals surface area contributed by atoms with Crippen molar-refractivity contribution in [2.75, 3.05) is 7.05 Å². The lowest BCUT2D eigenvalue weighted by Gasteiger charge is -2.14. The molecule has 1 rings (SSSR count). The molecule has 2 heteroatoms. The number of rotatable bonds is 7. The third-order valence-electron chi connectivity index (χ3n) is 2.63. The summed E-state index contributed by atoms with van der Waals surface area (Å²) in [6.45, 7) is 2.24. The van der Waals surface area contributed by atoms with Crippen LogP contribution in [-0.4, -0.2) is 13.1 Å². The van der Waals surface area contributed by atoms with E-state index in [4.69, 9.17) is 4.42 Å². The van der Waals surface area contributed by atoms with Gasteiger partial charge in [-0.2, -0.15) is 0 Å². The van der Waals surface area contributed by atoms with Crippen molar-refractivity contribution in [3.63, 3.8) is 0 Å². The van der Waals surface area contributed by atoms with E-state index in [0.29, 0.717) is 6.04 Å². The van der Waals surface area contributed by atoms with Gasteiger partial charge in [-0.15, -0.1) is 0 Å². The van der Waals surface area contributed by atoms with Crippen LogP contribution in [0.3, 0.4) is 0 Å². The van der Waals surface area contributed by atoms with Crippen LogP contribution in [-0.2, 0) is 6.42 Å². The van der Waals surface area contributed by atoms with Gasteiger partial charge < -0.3 is 9.73 Å². The fourth-order valence-electron chi connectivity index (χ4n) is 1.65. The maximum Gasteiger partial charge on any atom is 0.103 e. The fraction of sp³-hybridized carbons (Fsp3) is 0.667. The first kappa shape index (κ1) is 11.3. The lowest BCUT2D eigenvalue weighted by Crippen LogP contribution is -2.25. The second kappa shape index (κ2) is 6.66. The smallest absolute Gasteiger partial charge is 0.103 e. The maximum atomic E-state index is 5.31. The molecule has 0 fully saturated rings. The maximum absolute atomic E-state index is 5.31. The molecule has 0 bridgehead atoms. The zero-order chi connectivity index (χ0) is 10.2. The number of unbranched alkanes of at least 4 members (excludes halogenated alkanes) is 1. The average molecular weight is 195 g/mol. The lowest BCUT2D eigenvalue weighted by atomic mass is 10.0. The summed E-state index contributed by atoms with van der Waals surface area (Å²) in [5.41, 5.74) is 0. The summed E-state index contributed by atoms with van der Waals surface area (Å²) in [4.78, 5) is 0. The minimum Gasteiger partial charge on any atom is -0.469 e. The van der Waals surface area contributed by atoms with Gasteiger partial charge in [-0.3, -0.25) is 0 Å². The Morgan fingerprint density at radius 1 is 1.43 bits per heavy atom. The molecule has 1 aromatic heterocycles. The van der Waals surface area contributed by atoms with Crippen LogP contribution in [0.15, 0.2) is 22.8 Å². The van der Waals surface area contributed by atoms with E-state index in [-0.39, 0.29) is 0 Å². The number of aryl methyl sites for hydroxylation is 1. The Kier molecular flexibility index (Phi) is 5.38. The summed E-state index contributed by atoms with van der Waals surface area (Å²) < 4.78 is 5.31. The van der Waals surface area contributed by atoms with Crippen molar-refractivity contribution in [2.24, 2.45) is 0 Å². The van der Waals surface area contributed by atoms with Gasteiger partial charge in [0.15, 0.2) is 0 Å². The molecule has 2 nitrogen and oxygen atoms in total. The molecule has 1 aromatic rings. The van der Waals surface area contributed by atoms with Crippen LogP contribution in [0.5, 0.6) is 0 Å². The van der Waals surface area contributed by atoms with Gasteiger partial charge in [-0.25, -0.2) is 0 Å². The monoisotopic (exact) mass is 195 g/mol. The fourth-order valence-corrected chi connectivity index (χ4v) is 1.65. The summed E-state index contributed by atoms with van der Waals surface area (Å²) >= 11 is 0. The molecule has 1 heterocycles. The van der Waals surface area contributed by atoms with Gasteiger partial charge in [0.1, 0.15) is 5.76 Å². The molecule has 1 N–H and O–H groups in total. The number of furan rings is 1. The van der Waals surface area contributed by atoms with Crippen molar-refractivity contribution in [1.29, 1.82) is 0 Å². The van der Waals surface area contributed by atoms with Crippen molar-refractivity contribution in [1.82, 2.24) is 5.32 Å². The second-order valence-electron chi connectivity index (χ2n) is 3.75. The SMILES string of the molecule is CCCCC(CCc1ccco1)NC. The van der Waals surface area contributed by atoms with E-state index in [1.54, 1.807) is 6.26 Å². The van der Waals surface area contributed by atoms with E-state index in [1.807, 2.05) is 19.2 Å². The lowest BCUT2D eigenvalue weighted by molar-refractivity contribution is 0.437. The highest BCUT2D eigenvalue weighted by atomic mass is 16.3. The van der Waals surface area contributed by atoms with Gasteiger partial charge in [0.05, 0.1) is 6.26 Å². The molecule has 0 spiro atoms. The van der Waals surface area contributed by atoms with Crippen molar-refractivity contribution >= 4 is 0 Å². The Hall–Kier alpha value is -0.760. The van der Waals surface area contributed by atoms with Gasteiger partial charge in [0, 0.05) is 12.5 Å². The molecular weight excluding hydrogens is 174 g/mol. The highest BCUT2D eigenvalue weighted by Gasteiger charge is 2.06. The largest absolute Gasteiger partial charge is 0.469 e. The molecule has 80 valence electrons. The number of hydrogen-bond donors (Lipinski definition) is 1. The summed E-state index contributed by atoms with van der Waals surface area (Å²) in [5, 5.41) is 3.36. The Bertz CT molecular complexity index is 218. The first-order valence-corrected chi connectivity index (χ1v) is 5.56. The molecular formula is C12H21NO. The Morgan fingerprint density at radius 3 is 2.86 bits per heavy atom. The second-order valence-corrected chi connectivity index (χ2v) is 3.75. The molecule has 0 aliphatic rings. The molecule has 0 amide bonds. The number of nitrogens with one attached hydrogen (secondary N) is 1. The predicted molar refractivity (Wildman–Crippen MR) is 59.4 cm³/mol. The molecule has 1 unspecified atom stereocenters. The van der Waals surface area contributed by atoms with E-state index in [9.17, 15) is 0 Å². The van der Waals surface area contributed by atoms with Crippen molar-refractivity contribution < 1.29 is 4.42 Å². The van der Waals surface area contributed by atoms with Crippen LogP contribution in [0.4, 0.5) is 0 Å². The van der Waals surface area contributed by atoms with Crippen LogP contribution in [0.2, 0.25) is 0 Å². The highest BCUT2D eigenvalue weighted by Crippen LogP contribution is 2.09.